The van der Waals surface area contributed by atoms with Crippen LogP contribution in [0.1, 0.15) is 61.4 Å². The van der Waals surface area contributed by atoms with Crippen LogP contribution in [0.15, 0.2) is 36.0 Å². The van der Waals surface area contributed by atoms with Crippen LogP contribution in [-0.4, -0.2) is 37.8 Å². The van der Waals surface area contributed by atoms with Crippen molar-refractivity contribution in [1.29, 1.82) is 5.26 Å². The zero-order chi connectivity index (χ0) is 23.4. The highest BCUT2D eigenvalue weighted by Crippen LogP contribution is 2.23. The zero-order valence-corrected chi connectivity index (χ0v) is 19.4. The number of hydrogen-bond acceptors (Lipinski definition) is 5. The third-order valence-electron chi connectivity index (χ3n) is 6.22. The quantitative estimate of drug-likeness (QED) is 0.418. The van der Waals surface area contributed by atoms with Crippen molar-refractivity contribution in [1.82, 2.24) is 24.5 Å². The Kier molecular flexibility index (Phi) is 6.90. The molecule has 1 aliphatic heterocycles. The average molecular weight is 447 g/mol. The summed E-state index contributed by atoms with van der Waals surface area (Å²) in [6.07, 6.45) is 7.47. The first kappa shape index (κ1) is 22.7. The van der Waals surface area contributed by atoms with Gasteiger partial charge in [0.05, 0.1) is 12.1 Å². The molecule has 1 N–H and O–H groups in total. The first-order chi connectivity index (χ1) is 16.0. The maximum Gasteiger partial charge on any atom is 0.262 e. The van der Waals surface area contributed by atoms with Gasteiger partial charge in [-0.25, -0.2) is 0 Å². The van der Waals surface area contributed by atoms with Gasteiger partial charge >= 0.3 is 0 Å². The summed E-state index contributed by atoms with van der Waals surface area (Å²) in [5.41, 5.74) is 3.78. The highest BCUT2D eigenvalue weighted by molar-refractivity contribution is 6.02. The van der Waals surface area contributed by atoms with Gasteiger partial charge in [-0.2, -0.15) is 5.26 Å². The van der Waals surface area contributed by atoms with Crippen molar-refractivity contribution in [2.24, 2.45) is 0 Å². The lowest BCUT2D eigenvalue weighted by molar-refractivity contribution is -0.117. The number of fused-ring (bicyclic) bond motifs is 1. The van der Waals surface area contributed by atoms with Crippen LogP contribution in [0, 0.1) is 25.2 Å². The molecule has 1 saturated heterocycles. The number of nitrogens with one attached hydrogen (secondary N) is 1. The molecule has 33 heavy (non-hydrogen) atoms. The highest BCUT2D eigenvalue weighted by atomic mass is 16.5. The van der Waals surface area contributed by atoms with Crippen LogP contribution in [0.2, 0.25) is 0 Å². The summed E-state index contributed by atoms with van der Waals surface area (Å²) in [4.78, 5) is 13.1. The Morgan fingerprint density at radius 2 is 2.24 bits per heavy atom. The van der Waals surface area contributed by atoms with Gasteiger partial charge in [-0.3, -0.25) is 9.20 Å². The molecule has 0 saturated carbocycles. The average Bonchev–Trinajstić information content (AvgIpc) is 3.54. The number of nitriles is 1. The molecule has 4 rings (SSSR count). The SMILES string of the molecule is CCCC(NC(=O)/C(C#N)=C/c1cc(C)n(CC2CCCO2)c1C)c1nnc2ccccn12. The number of pyridine rings is 1. The second-order valence-corrected chi connectivity index (χ2v) is 8.54. The standard InChI is InChI=1S/C25H30N6O2/c1-4-8-22(24-29-28-23-10-5-6-11-30(23)24)27-25(32)20(15-26)14-19-13-17(2)31(18(19)3)16-21-9-7-12-33-21/h5-6,10-11,13-14,21-22H,4,7-9,12,16H2,1-3H3,(H,27,32)/b20-14+. The molecule has 2 atom stereocenters. The van der Waals surface area contributed by atoms with Crippen molar-refractivity contribution in [3.8, 4) is 6.07 Å². The van der Waals surface area contributed by atoms with Gasteiger partial charge in [0.2, 0.25) is 0 Å². The van der Waals surface area contributed by atoms with Crippen LogP contribution in [0.5, 0.6) is 0 Å². The first-order valence-electron chi connectivity index (χ1n) is 11.5. The van der Waals surface area contributed by atoms with Crippen LogP contribution >= 0.6 is 0 Å². The minimum absolute atomic E-state index is 0.0716. The van der Waals surface area contributed by atoms with E-state index < -0.39 is 5.91 Å². The number of carbonyl (C=O) groups excluding carboxylic acids is 1. The first-order valence-corrected chi connectivity index (χ1v) is 11.5. The van der Waals surface area contributed by atoms with E-state index in [-0.39, 0.29) is 17.7 Å². The lowest BCUT2D eigenvalue weighted by Gasteiger charge is -2.16. The van der Waals surface area contributed by atoms with Gasteiger partial charge in [-0.15, -0.1) is 10.2 Å². The molecule has 1 fully saturated rings. The normalized spacial score (nSPS) is 17.3. The fourth-order valence-corrected chi connectivity index (χ4v) is 4.44. The number of carbonyl (C=O) groups is 1. The molecular weight excluding hydrogens is 416 g/mol. The maximum absolute atomic E-state index is 13.1. The Bertz CT molecular complexity index is 1210. The Hall–Kier alpha value is -3.44. The highest BCUT2D eigenvalue weighted by Gasteiger charge is 2.23. The van der Waals surface area contributed by atoms with Gasteiger partial charge < -0.3 is 14.6 Å². The number of nitrogens with zero attached hydrogens (tertiary/aromatic N) is 5. The number of aryl methyl sites for hydroxylation is 1. The van der Waals surface area contributed by atoms with E-state index in [1.807, 2.05) is 55.6 Å². The number of rotatable bonds is 8. The summed E-state index contributed by atoms with van der Waals surface area (Å²) in [5, 5.41) is 21.3. The lowest BCUT2D eigenvalue weighted by Crippen LogP contribution is -2.30. The minimum Gasteiger partial charge on any atom is -0.376 e. The Labute approximate surface area is 193 Å². The monoisotopic (exact) mass is 446 g/mol. The molecule has 3 aromatic rings. The Morgan fingerprint density at radius 1 is 1.39 bits per heavy atom. The van der Waals surface area contributed by atoms with Gasteiger partial charge in [-0.05, 0) is 62.9 Å². The van der Waals surface area contributed by atoms with Crippen molar-refractivity contribution in [2.75, 3.05) is 6.61 Å². The van der Waals surface area contributed by atoms with Crippen molar-refractivity contribution >= 4 is 17.6 Å². The topological polar surface area (TPSA) is 97.2 Å². The molecule has 0 aromatic carbocycles. The summed E-state index contributed by atoms with van der Waals surface area (Å²) < 4.78 is 9.86. The van der Waals surface area contributed by atoms with Crippen LogP contribution < -0.4 is 5.32 Å². The van der Waals surface area contributed by atoms with Crippen molar-refractivity contribution in [3.63, 3.8) is 0 Å². The van der Waals surface area contributed by atoms with Gasteiger partial charge in [-0.1, -0.05) is 19.4 Å². The molecule has 0 bridgehead atoms. The molecule has 172 valence electrons. The molecule has 1 aliphatic rings. The summed E-state index contributed by atoms with van der Waals surface area (Å²) >= 11 is 0. The van der Waals surface area contributed by atoms with Crippen molar-refractivity contribution in [2.45, 2.75) is 65.1 Å². The fourth-order valence-electron chi connectivity index (χ4n) is 4.44. The van der Waals surface area contributed by atoms with E-state index in [9.17, 15) is 10.1 Å². The van der Waals surface area contributed by atoms with Gasteiger partial charge in [0.25, 0.3) is 5.91 Å². The molecule has 3 aromatic heterocycles. The van der Waals surface area contributed by atoms with E-state index in [0.29, 0.717) is 12.2 Å². The minimum atomic E-state index is -0.410. The second kappa shape index (κ2) is 10.0. The Morgan fingerprint density at radius 3 is 2.97 bits per heavy atom. The van der Waals surface area contributed by atoms with Gasteiger partial charge in [0, 0.05) is 30.7 Å². The lowest BCUT2D eigenvalue weighted by atomic mass is 10.1. The van der Waals surface area contributed by atoms with Crippen molar-refractivity contribution < 1.29 is 9.53 Å². The van der Waals surface area contributed by atoms with Crippen LogP contribution in [-0.2, 0) is 16.1 Å². The predicted molar refractivity (Wildman–Crippen MR) is 125 cm³/mol. The number of aromatic nitrogens is 4. The number of hydrogen-bond donors (Lipinski definition) is 1. The van der Waals surface area contributed by atoms with E-state index in [4.69, 9.17) is 4.74 Å². The van der Waals surface area contributed by atoms with E-state index >= 15 is 0 Å². The summed E-state index contributed by atoms with van der Waals surface area (Å²) in [6, 6.07) is 9.42. The smallest absolute Gasteiger partial charge is 0.262 e. The summed E-state index contributed by atoms with van der Waals surface area (Å²) in [5.74, 6) is 0.250. The van der Waals surface area contributed by atoms with E-state index in [2.05, 4.69) is 26.2 Å². The molecule has 8 heteroatoms. The van der Waals surface area contributed by atoms with Gasteiger partial charge in [0.15, 0.2) is 11.5 Å². The van der Waals surface area contributed by atoms with Gasteiger partial charge in [0.1, 0.15) is 11.6 Å². The summed E-state index contributed by atoms with van der Waals surface area (Å²) in [7, 11) is 0. The summed E-state index contributed by atoms with van der Waals surface area (Å²) in [6.45, 7) is 7.71. The van der Waals surface area contributed by atoms with Crippen molar-refractivity contribution in [3.05, 3.63) is 58.8 Å². The van der Waals surface area contributed by atoms with E-state index in [0.717, 1.165) is 55.0 Å². The third-order valence-corrected chi connectivity index (χ3v) is 6.22. The fraction of sp³-hybridized carbons (Fsp3) is 0.440. The van der Waals surface area contributed by atoms with E-state index in [1.54, 1.807) is 6.08 Å². The van der Waals surface area contributed by atoms with Crippen LogP contribution in [0.4, 0.5) is 0 Å². The molecule has 0 radical (unpaired) electrons. The molecular formula is C25H30N6O2. The number of amides is 1. The Balaban J connectivity index is 1.56. The largest absolute Gasteiger partial charge is 0.376 e. The maximum atomic E-state index is 13.1. The number of ether oxygens (including phenoxy) is 1. The molecule has 4 heterocycles. The zero-order valence-electron chi connectivity index (χ0n) is 19.4. The predicted octanol–water partition coefficient (Wildman–Crippen LogP) is 3.89. The molecule has 0 spiro atoms. The van der Waals surface area contributed by atoms with Crippen LogP contribution in [0.25, 0.3) is 11.7 Å². The molecule has 2 unspecified atom stereocenters. The van der Waals surface area contributed by atoms with E-state index in [1.165, 1.54) is 0 Å². The molecule has 1 amide bonds. The second-order valence-electron chi connectivity index (χ2n) is 8.54. The van der Waals surface area contributed by atoms with Crippen LogP contribution in [0.3, 0.4) is 0 Å². The third kappa shape index (κ3) is 4.83. The molecule has 0 aliphatic carbocycles. The molecule has 8 nitrogen and oxygen atoms in total.